The predicted molar refractivity (Wildman–Crippen MR) is 171 cm³/mol. The summed E-state index contributed by atoms with van der Waals surface area (Å²) in [6, 6.07) is 25.1. The zero-order valence-corrected chi connectivity index (χ0v) is 26.3. The second-order valence-corrected chi connectivity index (χ2v) is 12.5. The summed E-state index contributed by atoms with van der Waals surface area (Å²) < 4.78 is 8.57. The van der Waals surface area contributed by atoms with Crippen LogP contribution < -0.4 is 10.1 Å². The average Bonchev–Trinajstić information content (AvgIpc) is 3.16. The summed E-state index contributed by atoms with van der Waals surface area (Å²) in [6.07, 6.45) is 1.63. The van der Waals surface area contributed by atoms with Gasteiger partial charge in [-0.15, -0.1) is 0 Å². The van der Waals surface area contributed by atoms with Crippen molar-refractivity contribution in [3.8, 4) is 5.75 Å². The van der Waals surface area contributed by atoms with Crippen LogP contribution >= 0.6 is 66.2 Å². The van der Waals surface area contributed by atoms with Gasteiger partial charge in [0.2, 0.25) is 5.91 Å². The van der Waals surface area contributed by atoms with Gasteiger partial charge in [0, 0.05) is 9.26 Å². The summed E-state index contributed by atoms with van der Waals surface area (Å²) in [5, 5.41) is 4.50. The van der Waals surface area contributed by atoms with Crippen molar-refractivity contribution >= 4 is 106 Å². The van der Waals surface area contributed by atoms with Gasteiger partial charge in [-0.3, -0.25) is 19.3 Å². The van der Waals surface area contributed by atoms with E-state index in [1.54, 1.807) is 18.2 Å². The van der Waals surface area contributed by atoms with Crippen molar-refractivity contribution in [3.63, 3.8) is 0 Å². The summed E-state index contributed by atoms with van der Waals surface area (Å²) in [6.45, 7) is 0.0173. The van der Waals surface area contributed by atoms with Gasteiger partial charge >= 0.3 is 0 Å². The molecule has 0 bridgehead atoms. The highest BCUT2D eigenvalue weighted by Gasteiger charge is 2.36. The molecule has 1 N–H and O–H groups in total. The lowest BCUT2D eigenvalue weighted by molar-refractivity contribution is -0.127. The van der Waals surface area contributed by atoms with Gasteiger partial charge in [0.15, 0.2) is 0 Å². The van der Waals surface area contributed by atoms with E-state index in [1.807, 2.05) is 48.5 Å². The number of carbonyl (C=O) groups is 3. The fourth-order valence-electron chi connectivity index (χ4n) is 4.03. The van der Waals surface area contributed by atoms with Gasteiger partial charge in [0.25, 0.3) is 11.1 Å². The minimum Gasteiger partial charge on any atom is -0.487 e. The number of rotatable bonds is 7. The van der Waals surface area contributed by atoms with Gasteiger partial charge in [-0.25, -0.2) is 0 Å². The summed E-state index contributed by atoms with van der Waals surface area (Å²) in [5.41, 5.74) is 2.36. The Hall–Kier alpha value is -2.67. The van der Waals surface area contributed by atoms with E-state index in [2.05, 4.69) is 78.0 Å². The number of nitrogens with zero attached hydrogens (tertiary/aromatic N) is 1. The van der Waals surface area contributed by atoms with Gasteiger partial charge in [0.05, 0.1) is 13.9 Å². The Bertz CT molecular complexity index is 1610. The fraction of sp³-hybridized carbons (Fsp3) is 0.0690. The zero-order valence-electron chi connectivity index (χ0n) is 20.1. The molecule has 1 aliphatic heterocycles. The number of anilines is 1. The molecule has 0 saturated carbocycles. The number of imide groups is 1. The average molecular weight is 778 g/mol. The van der Waals surface area contributed by atoms with Crippen LogP contribution in [0.5, 0.6) is 5.75 Å². The van der Waals surface area contributed by atoms with E-state index in [4.69, 9.17) is 4.74 Å². The number of thioether (sulfide) groups is 1. The molecular weight excluding hydrogens is 759 g/mol. The lowest BCUT2D eigenvalue weighted by Gasteiger charge is -2.13. The van der Waals surface area contributed by atoms with Crippen molar-refractivity contribution in [2.24, 2.45) is 0 Å². The highest BCUT2D eigenvalue weighted by Crippen LogP contribution is 2.38. The van der Waals surface area contributed by atoms with Crippen LogP contribution in [0.4, 0.5) is 10.5 Å². The van der Waals surface area contributed by atoms with Crippen molar-refractivity contribution in [3.05, 3.63) is 107 Å². The molecule has 6 nitrogen and oxygen atoms in total. The lowest BCUT2D eigenvalue weighted by atomic mass is 10.1. The van der Waals surface area contributed by atoms with Crippen LogP contribution in [-0.4, -0.2) is 28.5 Å². The summed E-state index contributed by atoms with van der Waals surface area (Å²) in [5.74, 6) is -0.329. The van der Waals surface area contributed by atoms with Gasteiger partial charge in [-0.05, 0) is 131 Å². The largest absolute Gasteiger partial charge is 0.487 e. The second kappa shape index (κ2) is 12.2. The number of carbonyl (C=O) groups excluding carboxylic acids is 3. The molecular formula is C29H19Br2IN2O4S. The molecule has 5 rings (SSSR count). The molecule has 0 unspecified atom stereocenters. The van der Waals surface area contributed by atoms with E-state index in [9.17, 15) is 14.4 Å². The van der Waals surface area contributed by atoms with Crippen LogP contribution in [0.2, 0.25) is 0 Å². The van der Waals surface area contributed by atoms with E-state index in [0.29, 0.717) is 32.6 Å². The van der Waals surface area contributed by atoms with Crippen LogP contribution in [0.15, 0.2) is 92.7 Å². The Labute approximate surface area is 259 Å². The fourth-order valence-corrected chi connectivity index (χ4v) is 6.68. The molecule has 0 radical (unpaired) electrons. The molecule has 0 aliphatic carbocycles. The molecule has 4 aromatic carbocycles. The quantitative estimate of drug-likeness (QED) is 0.151. The molecule has 1 fully saturated rings. The van der Waals surface area contributed by atoms with Gasteiger partial charge < -0.3 is 10.1 Å². The monoisotopic (exact) mass is 776 g/mol. The minimum absolute atomic E-state index is 0.241. The number of fused-ring (bicyclic) bond motifs is 1. The number of benzene rings is 4. The first-order valence-corrected chi connectivity index (χ1v) is 15.2. The molecule has 4 aromatic rings. The molecule has 39 heavy (non-hydrogen) atoms. The summed E-state index contributed by atoms with van der Waals surface area (Å²) in [4.78, 5) is 39.1. The first-order chi connectivity index (χ1) is 18.8. The van der Waals surface area contributed by atoms with Crippen LogP contribution in [-0.2, 0) is 16.2 Å². The maximum Gasteiger partial charge on any atom is 0.294 e. The van der Waals surface area contributed by atoms with Crippen LogP contribution in [0, 0.1) is 3.57 Å². The maximum atomic E-state index is 12.9. The maximum absolute atomic E-state index is 12.9. The topological polar surface area (TPSA) is 75.7 Å². The third-order valence-corrected chi connectivity index (χ3v) is 8.68. The van der Waals surface area contributed by atoms with Crippen molar-refractivity contribution in [2.45, 2.75) is 6.61 Å². The van der Waals surface area contributed by atoms with Crippen molar-refractivity contribution in [1.82, 2.24) is 4.90 Å². The summed E-state index contributed by atoms with van der Waals surface area (Å²) >= 11 is 10.1. The highest BCUT2D eigenvalue weighted by atomic mass is 127. The Kier molecular flexibility index (Phi) is 8.75. The van der Waals surface area contributed by atoms with Crippen molar-refractivity contribution in [2.75, 3.05) is 11.9 Å². The van der Waals surface area contributed by atoms with Gasteiger partial charge in [-0.2, -0.15) is 0 Å². The van der Waals surface area contributed by atoms with Gasteiger partial charge in [-0.1, -0.05) is 42.5 Å². The first-order valence-electron chi connectivity index (χ1n) is 11.7. The lowest BCUT2D eigenvalue weighted by Crippen LogP contribution is -2.36. The number of halogens is 3. The third-order valence-electron chi connectivity index (χ3n) is 5.87. The highest BCUT2D eigenvalue weighted by molar-refractivity contribution is 14.1. The second-order valence-electron chi connectivity index (χ2n) is 8.56. The predicted octanol–water partition coefficient (Wildman–Crippen LogP) is 8.22. The molecule has 0 spiro atoms. The molecule has 196 valence electrons. The standard InChI is InChI=1S/C29H19Br2IN2O4S/c30-23-12-17(13-24(31)27(23)38-16-19-6-3-5-18-4-1-2-7-22(18)19)14-25-28(36)34(29(37)39-25)15-26(35)33-21-10-8-20(32)9-11-21/h1-14H,15-16H2,(H,33,35)/b25-14-. The Morgan fingerprint density at radius 3 is 2.41 bits per heavy atom. The van der Waals surface area contributed by atoms with E-state index in [1.165, 1.54) is 0 Å². The van der Waals surface area contributed by atoms with Crippen LogP contribution in [0.3, 0.4) is 0 Å². The molecule has 0 aromatic heterocycles. The van der Waals surface area contributed by atoms with E-state index < -0.39 is 17.1 Å². The number of hydrogen-bond donors (Lipinski definition) is 1. The first kappa shape index (κ1) is 27.9. The third kappa shape index (κ3) is 6.56. The van der Waals surface area contributed by atoms with E-state index in [-0.39, 0.29) is 11.4 Å². The smallest absolute Gasteiger partial charge is 0.294 e. The Morgan fingerprint density at radius 2 is 1.67 bits per heavy atom. The number of amides is 3. The van der Waals surface area contributed by atoms with Crippen LogP contribution in [0.1, 0.15) is 11.1 Å². The SMILES string of the molecule is O=C(CN1C(=O)S/C(=C\c2cc(Br)c(OCc3cccc4ccccc34)c(Br)c2)C1=O)Nc1ccc(I)cc1. The van der Waals surface area contributed by atoms with E-state index in [0.717, 1.165) is 36.6 Å². The van der Waals surface area contributed by atoms with Gasteiger partial charge in [0.1, 0.15) is 18.9 Å². The molecule has 1 aliphatic rings. The molecule has 1 saturated heterocycles. The Balaban J connectivity index is 1.27. The normalized spacial score (nSPS) is 14.3. The number of hydrogen-bond acceptors (Lipinski definition) is 5. The molecule has 1 heterocycles. The summed E-state index contributed by atoms with van der Waals surface area (Å²) in [7, 11) is 0. The minimum atomic E-state index is -0.508. The number of ether oxygens (including phenoxy) is 1. The molecule has 10 heteroatoms. The molecule has 0 atom stereocenters. The van der Waals surface area contributed by atoms with Crippen molar-refractivity contribution in [1.29, 1.82) is 0 Å². The van der Waals surface area contributed by atoms with Crippen LogP contribution in [0.25, 0.3) is 16.8 Å². The van der Waals surface area contributed by atoms with E-state index >= 15 is 0 Å². The number of nitrogens with one attached hydrogen (secondary N) is 1. The molecule has 3 amide bonds. The Morgan fingerprint density at radius 1 is 0.974 bits per heavy atom. The zero-order chi connectivity index (χ0) is 27.5. The van der Waals surface area contributed by atoms with Crippen molar-refractivity contribution < 1.29 is 19.1 Å².